The maximum Gasteiger partial charge on any atom is 0.316 e. The van der Waals surface area contributed by atoms with Crippen LogP contribution in [0.25, 0.3) is 0 Å². The normalized spacial score (nSPS) is 21.8. The van der Waals surface area contributed by atoms with E-state index in [1.54, 1.807) is 0 Å². The molecule has 0 spiro atoms. The Morgan fingerprint density at radius 1 is 1.44 bits per heavy atom. The van der Waals surface area contributed by atoms with Crippen molar-refractivity contribution in [3.63, 3.8) is 0 Å². The largest absolute Gasteiger partial charge is 0.459 e. The summed E-state index contributed by atoms with van der Waals surface area (Å²) < 4.78 is 42.3. The van der Waals surface area contributed by atoms with Crippen LogP contribution in [0.3, 0.4) is 0 Å². The fourth-order valence-electron chi connectivity index (χ4n) is 1.81. The molecule has 0 aromatic carbocycles. The summed E-state index contributed by atoms with van der Waals surface area (Å²) in [5.41, 5.74) is 0. The Bertz CT molecular complexity index is 506. The molecule has 0 aliphatic carbocycles. The second kappa shape index (κ2) is 5.15. The molecule has 1 atom stereocenters. The summed E-state index contributed by atoms with van der Waals surface area (Å²) in [6, 6.07) is 0.0664. The van der Waals surface area contributed by atoms with Crippen LogP contribution in [0, 0.1) is 5.82 Å². The van der Waals surface area contributed by atoms with E-state index in [1.165, 1.54) is 10.6 Å². The van der Waals surface area contributed by atoms with E-state index >= 15 is 0 Å². The smallest absolute Gasteiger partial charge is 0.316 e. The van der Waals surface area contributed by atoms with E-state index in [4.69, 9.17) is 4.74 Å². The van der Waals surface area contributed by atoms with Gasteiger partial charge < -0.3 is 4.74 Å². The lowest BCUT2D eigenvalue weighted by Crippen LogP contribution is -2.44. The third-order valence-electron chi connectivity index (χ3n) is 2.68. The minimum absolute atomic E-state index is 0.0664. The lowest BCUT2D eigenvalue weighted by molar-refractivity contribution is 0.119. The molecule has 0 amide bonds. The lowest BCUT2D eigenvalue weighted by Gasteiger charge is -2.30. The first kappa shape index (κ1) is 13.2. The molecule has 1 aliphatic rings. The van der Waals surface area contributed by atoms with Crippen LogP contribution in [0.15, 0.2) is 12.4 Å². The van der Waals surface area contributed by atoms with Gasteiger partial charge in [0.05, 0.1) is 25.2 Å². The molecule has 1 aromatic heterocycles. The van der Waals surface area contributed by atoms with Crippen molar-refractivity contribution in [2.75, 3.05) is 19.3 Å². The summed E-state index contributed by atoms with van der Waals surface area (Å²) in [5, 5.41) is 0. The molecular formula is C10H14FN3O3S. The second-order valence-electron chi connectivity index (χ2n) is 4.19. The standard InChI is InChI=1S/C10H14FN3O3S/c1-18(15,16)14-4-2-3-9(7-14)17-10-12-5-8(11)6-13-10/h5-6,9H,2-4,7H2,1H3/t9-/m1/s1. The van der Waals surface area contributed by atoms with E-state index in [9.17, 15) is 12.8 Å². The number of ether oxygens (including phenoxy) is 1. The molecule has 6 nitrogen and oxygen atoms in total. The van der Waals surface area contributed by atoms with Crippen molar-refractivity contribution in [2.45, 2.75) is 18.9 Å². The highest BCUT2D eigenvalue weighted by molar-refractivity contribution is 7.88. The highest BCUT2D eigenvalue weighted by Gasteiger charge is 2.27. The number of rotatable bonds is 3. The minimum Gasteiger partial charge on any atom is -0.459 e. The summed E-state index contributed by atoms with van der Waals surface area (Å²) >= 11 is 0. The molecule has 1 aliphatic heterocycles. The number of hydrogen-bond acceptors (Lipinski definition) is 5. The van der Waals surface area contributed by atoms with Crippen molar-refractivity contribution in [1.82, 2.24) is 14.3 Å². The van der Waals surface area contributed by atoms with Crippen molar-refractivity contribution < 1.29 is 17.5 Å². The Balaban J connectivity index is 2.00. The topological polar surface area (TPSA) is 72.4 Å². The Morgan fingerprint density at radius 2 is 2.11 bits per heavy atom. The molecule has 0 saturated carbocycles. The van der Waals surface area contributed by atoms with E-state index in [-0.39, 0.29) is 18.7 Å². The van der Waals surface area contributed by atoms with Crippen molar-refractivity contribution in [2.24, 2.45) is 0 Å². The Labute approximate surface area is 105 Å². The zero-order chi connectivity index (χ0) is 13.2. The van der Waals surface area contributed by atoms with Gasteiger partial charge in [0, 0.05) is 6.54 Å². The third-order valence-corrected chi connectivity index (χ3v) is 3.95. The number of sulfonamides is 1. The van der Waals surface area contributed by atoms with Crippen molar-refractivity contribution in [3.8, 4) is 6.01 Å². The maximum atomic E-state index is 12.6. The molecule has 100 valence electrons. The van der Waals surface area contributed by atoms with Crippen LogP contribution < -0.4 is 4.74 Å². The van der Waals surface area contributed by atoms with Gasteiger partial charge in [-0.2, -0.15) is 4.31 Å². The molecule has 1 saturated heterocycles. The molecule has 0 bridgehead atoms. The van der Waals surface area contributed by atoms with E-state index in [1.807, 2.05) is 0 Å². The highest BCUT2D eigenvalue weighted by atomic mass is 32.2. The Kier molecular flexibility index (Phi) is 3.76. The van der Waals surface area contributed by atoms with Crippen LogP contribution in [0.4, 0.5) is 4.39 Å². The predicted octanol–water partition coefficient (Wildman–Crippen LogP) is 0.418. The zero-order valence-electron chi connectivity index (χ0n) is 9.91. The molecule has 1 aromatic rings. The number of aromatic nitrogens is 2. The van der Waals surface area contributed by atoms with Gasteiger partial charge in [-0.05, 0) is 12.8 Å². The summed E-state index contributed by atoms with van der Waals surface area (Å²) in [6.07, 6.45) is 4.35. The quantitative estimate of drug-likeness (QED) is 0.799. The molecule has 2 heterocycles. The molecule has 0 N–H and O–H groups in total. The molecule has 1 fully saturated rings. The second-order valence-corrected chi connectivity index (χ2v) is 6.17. The number of hydrogen-bond donors (Lipinski definition) is 0. The average molecular weight is 275 g/mol. The number of halogens is 1. The van der Waals surface area contributed by atoms with Gasteiger partial charge in [0.2, 0.25) is 10.0 Å². The van der Waals surface area contributed by atoms with Gasteiger partial charge >= 0.3 is 6.01 Å². The van der Waals surface area contributed by atoms with Crippen LogP contribution in [-0.4, -0.2) is 48.1 Å². The summed E-state index contributed by atoms with van der Waals surface area (Å²) in [7, 11) is -3.21. The van der Waals surface area contributed by atoms with Crippen molar-refractivity contribution >= 4 is 10.0 Å². The van der Waals surface area contributed by atoms with Crippen LogP contribution >= 0.6 is 0 Å². The molecule has 0 unspecified atom stereocenters. The van der Waals surface area contributed by atoms with Gasteiger partial charge in [-0.25, -0.2) is 22.8 Å². The third kappa shape index (κ3) is 3.36. The van der Waals surface area contributed by atoms with Crippen molar-refractivity contribution in [1.29, 1.82) is 0 Å². The first-order valence-electron chi connectivity index (χ1n) is 5.54. The fourth-order valence-corrected chi connectivity index (χ4v) is 2.71. The predicted molar refractivity (Wildman–Crippen MR) is 62.1 cm³/mol. The van der Waals surface area contributed by atoms with Crippen LogP contribution in [0.5, 0.6) is 6.01 Å². The van der Waals surface area contributed by atoms with E-state index in [0.29, 0.717) is 6.54 Å². The number of nitrogens with zero attached hydrogens (tertiary/aromatic N) is 3. The molecule has 0 radical (unpaired) electrons. The first-order chi connectivity index (χ1) is 8.45. The molecule has 18 heavy (non-hydrogen) atoms. The highest BCUT2D eigenvalue weighted by Crippen LogP contribution is 2.17. The van der Waals surface area contributed by atoms with Crippen LogP contribution in [0.1, 0.15) is 12.8 Å². The SMILES string of the molecule is CS(=O)(=O)N1CCC[C@@H](Oc2ncc(F)cn2)C1. The summed E-state index contributed by atoms with van der Waals surface area (Å²) in [5.74, 6) is -0.538. The van der Waals surface area contributed by atoms with Gasteiger partial charge in [-0.1, -0.05) is 0 Å². The van der Waals surface area contributed by atoms with Crippen LogP contribution in [-0.2, 0) is 10.0 Å². The van der Waals surface area contributed by atoms with Crippen LogP contribution in [0.2, 0.25) is 0 Å². The van der Waals surface area contributed by atoms with E-state index in [2.05, 4.69) is 9.97 Å². The van der Waals surface area contributed by atoms with Gasteiger partial charge in [0.15, 0.2) is 5.82 Å². The average Bonchev–Trinajstić information content (AvgIpc) is 2.31. The minimum atomic E-state index is -3.21. The van der Waals surface area contributed by atoms with Gasteiger partial charge in [-0.15, -0.1) is 0 Å². The fraction of sp³-hybridized carbons (Fsp3) is 0.600. The van der Waals surface area contributed by atoms with Gasteiger partial charge in [0.25, 0.3) is 0 Å². The summed E-state index contributed by atoms with van der Waals surface area (Å²) in [6.45, 7) is 0.780. The van der Waals surface area contributed by atoms with Crippen molar-refractivity contribution in [3.05, 3.63) is 18.2 Å². The Morgan fingerprint density at radius 3 is 2.72 bits per heavy atom. The molecule has 8 heteroatoms. The number of piperidine rings is 1. The zero-order valence-corrected chi connectivity index (χ0v) is 10.7. The van der Waals surface area contributed by atoms with E-state index in [0.717, 1.165) is 25.2 Å². The summed E-state index contributed by atoms with van der Waals surface area (Å²) in [4.78, 5) is 7.37. The monoisotopic (exact) mass is 275 g/mol. The van der Waals surface area contributed by atoms with Gasteiger partial charge in [0.1, 0.15) is 6.10 Å². The van der Waals surface area contributed by atoms with Gasteiger partial charge in [-0.3, -0.25) is 0 Å². The van der Waals surface area contributed by atoms with E-state index < -0.39 is 15.8 Å². The Hall–Kier alpha value is -1.28. The maximum absolute atomic E-state index is 12.6. The lowest BCUT2D eigenvalue weighted by atomic mass is 10.1. The first-order valence-corrected chi connectivity index (χ1v) is 7.39. The molecular weight excluding hydrogens is 261 g/mol. The molecule has 2 rings (SSSR count).